The number of fused-ring (bicyclic) bond motifs is 1. The van der Waals surface area contributed by atoms with E-state index in [9.17, 15) is 4.79 Å². The molecule has 1 aliphatic rings. The molecule has 0 spiro atoms. The van der Waals surface area contributed by atoms with Crippen LogP contribution in [-0.4, -0.2) is 17.3 Å². The lowest BCUT2D eigenvalue weighted by Gasteiger charge is -2.14. The predicted octanol–water partition coefficient (Wildman–Crippen LogP) is 3.32. The van der Waals surface area contributed by atoms with Crippen molar-refractivity contribution in [1.82, 2.24) is 4.37 Å². The highest BCUT2D eigenvalue weighted by molar-refractivity contribution is 7.13. The number of carbonyl (C=O) groups is 1. The van der Waals surface area contributed by atoms with Crippen LogP contribution in [0, 0.1) is 5.92 Å². The van der Waals surface area contributed by atoms with Gasteiger partial charge in [0, 0.05) is 13.0 Å². The molecule has 1 amide bonds. The van der Waals surface area contributed by atoms with E-state index >= 15 is 0 Å². The van der Waals surface area contributed by atoms with E-state index < -0.39 is 0 Å². The Balaban J connectivity index is 2.07. The number of anilines is 1. The Morgan fingerprint density at radius 1 is 1.53 bits per heavy atom. The molecule has 1 aromatic heterocycles. The molecule has 0 atom stereocenters. The Morgan fingerprint density at radius 2 is 2.29 bits per heavy atom. The molecule has 0 bridgehead atoms. The molecule has 1 aromatic carbocycles. The monoisotopic (exact) mass is 266 g/mol. The summed E-state index contributed by atoms with van der Waals surface area (Å²) in [5.41, 5.74) is 0. The van der Waals surface area contributed by atoms with Gasteiger partial charge in [-0.3, -0.25) is 9.69 Å². The summed E-state index contributed by atoms with van der Waals surface area (Å²) < 4.78 is 5.37. The van der Waals surface area contributed by atoms with Gasteiger partial charge in [-0.05, 0) is 36.5 Å². The molecule has 1 saturated carbocycles. The summed E-state index contributed by atoms with van der Waals surface area (Å²) in [6.45, 7) is 0. The van der Waals surface area contributed by atoms with Crippen molar-refractivity contribution in [2.24, 2.45) is 5.92 Å². The van der Waals surface area contributed by atoms with E-state index in [2.05, 4.69) is 4.37 Å². The molecule has 0 saturated heterocycles. The smallest absolute Gasteiger partial charge is 0.231 e. The van der Waals surface area contributed by atoms with E-state index in [0.29, 0.717) is 10.8 Å². The number of nitrogens with zero attached hydrogens (tertiary/aromatic N) is 2. The first-order valence-corrected chi connectivity index (χ1v) is 6.65. The van der Waals surface area contributed by atoms with Crippen LogP contribution >= 0.6 is 23.1 Å². The van der Waals surface area contributed by atoms with Crippen LogP contribution in [0.25, 0.3) is 10.1 Å². The number of halogens is 1. The quantitative estimate of drug-likeness (QED) is 0.835. The van der Waals surface area contributed by atoms with Crippen molar-refractivity contribution in [3.63, 3.8) is 0 Å². The summed E-state index contributed by atoms with van der Waals surface area (Å²) in [6, 6.07) is 5.70. The number of hydrogen-bond donors (Lipinski definition) is 0. The zero-order chi connectivity index (χ0) is 12.0. The Morgan fingerprint density at radius 3 is 3.00 bits per heavy atom. The second kappa shape index (κ2) is 3.96. The minimum absolute atomic E-state index is 0.150. The lowest BCUT2D eigenvalue weighted by atomic mass is 10.2. The highest BCUT2D eigenvalue weighted by Gasteiger charge is 2.33. The Labute approximate surface area is 108 Å². The molecule has 2 aromatic rings. The van der Waals surface area contributed by atoms with Gasteiger partial charge < -0.3 is 0 Å². The molecule has 5 heteroatoms. The van der Waals surface area contributed by atoms with Crippen LogP contribution in [0.5, 0.6) is 0 Å². The van der Waals surface area contributed by atoms with Crippen molar-refractivity contribution in [2.45, 2.75) is 12.8 Å². The van der Waals surface area contributed by atoms with Gasteiger partial charge in [0.05, 0.1) is 15.1 Å². The SMILES string of the molecule is CN(C(=O)C1CC1)c1nsc2cccc(Cl)c12. The predicted molar refractivity (Wildman–Crippen MR) is 70.8 cm³/mol. The molecule has 0 radical (unpaired) electrons. The van der Waals surface area contributed by atoms with Gasteiger partial charge in [0.2, 0.25) is 5.91 Å². The van der Waals surface area contributed by atoms with E-state index in [1.54, 1.807) is 11.9 Å². The number of hydrogen-bond acceptors (Lipinski definition) is 3. The van der Waals surface area contributed by atoms with Crippen LogP contribution in [0.1, 0.15) is 12.8 Å². The van der Waals surface area contributed by atoms with Gasteiger partial charge in [-0.1, -0.05) is 17.7 Å². The van der Waals surface area contributed by atoms with Crippen molar-refractivity contribution in [3.8, 4) is 0 Å². The molecule has 0 aliphatic heterocycles. The second-order valence-corrected chi connectivity index (χ2v) is 5.50. The summed E-state index contributed by atoms with van der Waals surface area (Å²) in [7, 11) is 1.78. The van der Waals surface area contributed by atoms with Crippen LogP contribution in [-0.2, 0) is 4.79 Å². The lowest BCUT2D eigenvalue weighted by Crippen LogP contribution is -2.27. The zero-order valence-electron chi connectivity index (χ0n) is 9.31. The largest absolute Gasteiger partial charge is 0.298 e. The third-order valence-corrected chi connectivity index (χ3v) is 4.12. The molecule has 3 nitrogen and oxygen atoms in total. The third kappa shape index (κ3) is 1.81. The van der Waals surface area contributed by atoms with Gasteiger partial charge in [0.1, 0.15) is 0 Å². The van der Waals surface area contributed by atoms with E-state index in [1.165, 1.54) is 11.5 Å². The van der Waals surface area contributed by atoms with Gasteiger partial charge in [-0.2, -0.15) is 4.37 Å². The third-order valence-electron chi connectivity index (χ3n) is 3.00. The highest BCUT2D eigenvalue weighted by atomic mass is 35.5. The zero-order valence-corrected chi connectivity index (χ0v) is 10.9. The fourth-order valence-electron chi connectivity index (χ4n) is 1.87. The standard InChI is InChI=1S/C12H11ClN2OS/c1-15(12(16)7-5-6-7)11-10-8(13)3-2-4-9(10)17-14-11/h2-4,7H,5-6H2,1H3. The molecule has 1 aliphatic carbocycles. The minimum atomic E-state index is 0.150. The number of rotatable bonds is 2. The molecule has 1 heterocycles. The lowest BCUT2D eigenvalue weighted by molar-refractivity contribution is -0.119. The van der Waals surface area contributed by atoms with Crippen LogP contribution in [0.2, 0.25) is 5.02 Å². The number of carbonyl (C=O) groups excluding carboxylic acids is 1. The maximum Gasteiger partial charge on any atom is 0.231 e. The molecule has 3 rings (SSSR count). The molecule has 88 valence electrons. The highest BCUT2D eigenvalue weighted by Crippen LogP contribution is 2.37. The number of benzene rings is 1. The van der Waals surface area contributed by atoms with Crippen molar-refractivity contribution in [3.05, 3.63) is 23.2 Å². The Hall–Kier alpha value is -1.13. The molecule has 0 unspecified atom stereocenters. The molecular formula is C12H11ClN2OS. The number of aromatic nitrogens is 1. The van der Waals surface area contributed by atoms with Crippen molar-refractivity contribution in [1.29, 1.82) is 0 Å². The van der Waals surface area contributed by atoms with E-state index in [-0.39, 0.29) is 11.8 Å². The first-order valence-electron chi connectivity index (χ1n) is 5.50. The Kier molecular flexibility index (Phi) is 2.56. The molecule has 1 fully saturated rings. The first kappa shape index (κ1) is 11.0. The molecular weight excluding hydrogens is 256 g/mol. The van der Waals surface area contributed by atoms with Crippen molar-refractivity contribution < 1.29 is 4.79 Å². The maximum absolute atomic E-state index is 12.0. The summed E-state index contributed by atoms with van der Waals surface area (Å²) in [5.74, 6) is 1.03. The van der Waals surface area contributed by atoms with Gasteiger partial charge in [-0.15, -0.1) is 0 Å². The van der Waals surface area contributed by atoms with Crippen molar-refractivity contribution in [2.75, 3.05) is 11.9 Å². The fourth-order valence-corrected chi connectivity index (χ4v) is 3.02. The average Bonchev–Trinajstić information content (AvgIpc) is 3.07. The van der Waals surface area contributed by atoms with Crippen LogP contribution < -0.4 is 4.90 Å². The van der Waals surface area contributed by atoms with E-state index in [1.807, 2.05) is 18.2 Å². The first-order chi connectivity index (χ1) is 8.18. The van der Waals surface area contributed by atoms with E-state index in [4.69, 9.17) is 11.6 Å². The summed E-state index contributed by atoms with van der Waals surface area (Å²) >= 11 is 7.55. The Bertz CT molecular complexity index is 591. The van der Waals surface area contributed by atoms with Crippen molar-refractivity contribution >= 4 is 44.9 Å². The molecule has 17 heavy (non-hydrogen) atoms. The number of amides is 1. The topological polar surface area (TPSA) is 33.2 Å². The van der Waals surface area contributed by atoms with Crippen LogP contribution in [0.15, 0.2) is 18.2 Å². The van der Waals surface area contributed by atoms with E-state index in [0.717, 1.165) is 22.9 Å². The van der Waals surface area contributed by atoms with Gasteiger partial charge in [-0.25, -0.2) is 0 Å². The average molecular weight is 267 g/mol. The van der Waals surface area contributed by atoms with Crippen LogP contribution in [0.4, 0.5) is 5.82 Å². The van der Waals surface area contributed by atoms with Gasteiger partial charge in [0.25, 0.3) is 0 Å². The van der Waals surface area contributed by atoms with Gasteiger partial charge >= 0.3 is 0 Å². The normalized spacial score (nSPS) is 15.2. The summed E-state index contributed by atoms with van der Waals surface area (Å²) in [4.78, 5) is 13.6. The second-order valence-electron chi connectivity index (χ2n) is 4.29. The maximum atomic E-state index is 12.0. The fraction of sp³-hybridized carbons (Fsp3) is 0.333. The summed E-state index contributed by atoms with van der Waals surface area (Å²) in [5, 5.41) is 1.54. The molecule has 0 N–H and O–H groups in total. The summed E-state index contributed by atoms with van der Waals surface area (Å²) in [6.07, 6.45) is 2.00. The van der Waals surface area contributed by atoms with Gasteiger partial charge in [0.15, 0.2) is 5.82 Å². The minimum Gasteiger partial charge on any atom is -0.298 e. The van der Waals surface area contributed by atoms with Crippen LogP contribution in [0.3, 0.4) is 0 Å².